The molecule has 1 N–H and O–H groups in total. The van der Waals surface area contributed by atoms with Crippen molar-refractivity contribution in [3.05, 3.63) is 88.0 Å². The first-order valence-corrected chi connectivity index (χ1v) is 8.98. The fourth-order valence-corrected chi connectivity index (χ4v) is 3.01. The van der Waals surface area contributed by atoms with Crippen LogP contribution >= 0.6 is 0 Å². The van der Waals surface area contributed by atoms with E-state index in [1.165, 1.54) is 25.6 Å². The van der Waals surface area contributed by atoms with E-state index >= 15 is 0 Å². The number of carbonyl (C=O) groups is 2. The Kier molecular flexibility index (Phi) is 5.13. The van der Waals surface area contributed by atoms with Gasteiger partial charge >= 0.3 is 11.9 Å². The first-order valence-electron chi connectivity index (χ1n) is 8.98. The summed E-state index contributed by atoms with van der Waals surface area (Å²) in [7, 11) is 1.29. The van der Waals surface area contributed by atoms with Crippen LogP contribution in [0.5, 0.6) is 0 Å². The topological polar surface area (TPSA) is 111 Å². The second kappa shape index (κ2) is 8.04. The predicted molar refractivity (Wildman–Crippen MR) is 107 cm³/mol. The number of ether oxygens (including phenoxy) is 2. The van der Waals surface area contributed by atoms with E-state index in [9.17, 15) is 14.4 Å². The molecule has 0 fully saturated rings. The number of H-pyrrole nitrogens is 1. The minimum Gasteiger partial charge on any atom is -0.465 e. The van der Waals surface area contributed by atoms with E-state index in [2.05, 4.69) is 14.7 Å². The van der Waals surface area contributed by atoms with Gasteiger partial charge in [0.1, 0.15) is 17.6 Å². The Balaban J connectivity index is 1.76. The molecule has 2 aromatic heterocycles. The lowest BCUT2D eigenvalue weighted by molar-refractivity contribution is 0.0474. The molecule has 0 aliphatic heterocycles. The second-order valence-electron chi connectivity index (χ2n) is 6.35. The van der Waals surface area contributed by atoms with E-state index in [4.69, 9.17) is 9.15 Å². The molecule has 0 radical (unpaired) electrons. The van der Waals surface area contributed by atoms with Gasteiger partial charge in [-0.2, -0.15) is 0 Å². The van der Waals surface area contributed by atoms with E-state index < -0.39 is 17.5 Å². The van der Waals surface area contributed by atoms with Crippen LogP contribution in [0.25, 0.3) is 22.4 Å². The number of esters is 2. The number of rotatable bonds is 5. The van der Waals surface area contributed by atoms with Crippen LogP contribution in [-0.4, -0.2) is 29.0 Å². The molecular weight excluding hydrogens is 388 g/mol. The highest BCUT2D eigenvalue weighted by Gasteiger charge is 2.26. The van der Waals surface area contributed by atoms with Crippen molar-refractivity contribution in [2.75, 3.05) is 7.11 Å². The number of hydrogen-bond acceptors (Lipinski definition) is 7. The second-order valence-corrected chi connectivity index (χ2v) is 6.35. The molecule has 30 heavy (non-hydrogen) atoms. The number of carbonyl (C=O) groups excluding carboxylic acids is 2. The summed E-state index contributed by atoms with van der Waals surface area (Å²) in [5.41, 5.74) is 1.08. The van der Waals surface area contributed by atoms with Gasteiger partial charge in [0.15, 0.2) is 5.76 Å². The molecule has 4 rings (SSSR count). The van der Waals surface area contributed by atoms with Crippen LogP contribution < -0.4 is 5.56 Å². The Morgan fingerprint density at radius 3 is 2.47 bits per heavy atom. The number of methoxy groups -OCH3 is 1. The van der Waals surface area contributed by atoms with E-state index in [1.54, 1.807) is 12.1 Å². The van der Waals surface area contributed by atoms with E-state index in [1.807, 2.05) is 30.3 Å². The van der Waals surface area contributed by atoms with E-state index in [-0.39, 0.29) is 29.0 Å². The summed E-state index contributed by atoms with van der Waals surface area (Å²) in [6, 6.07) is 15.4. The maximum absolute atomic E-state index is 12.9. The number of aromatic nitrogens is 2. The molecule has 4 aromatic rings. The fraction of sp³-hybridized carbons (Fsp3) is 0.0909. The third kappa shape index (κ3) is 3.58. The number of fused-ring (bicyclic) bond motifs is 1. The number of aromatic amines is 1. The number of benzene rings is 2. The molecule has 0 aliphatic carbocycles. The summed E-state index contributed by atoms with van der Waals surface area (Å²) < 4.78 is 15.8. The summed E-state index contributed by atoms with van der Waals surface area (Å²) in [5, 5.41) is 0.00241. The lowest BCUT2D eigenvalue weighted by Gasteiger charge is -2.06. The molecule has 0 unspecified atom stereocenters. The van der Waals surface area contributed by atoms with Crippen molar-refractivity contribution in [3.63, 3.8) is 0 Å². The minimum absolute atomic E-state index is 0.00241. The van der Waals surface area contributed by atoms with Crippen LogP contribution in [0, 0.1) is 0 Å². The molecular formula is C22H16N2O6. The van der Waals surface area contributed by atoms with Crippen LogP contribution in [0.15, 0.2) is 70.1 Å². The van der Waals surface area contributed by atoms with Gasteiger partial charge in [0.05, 0.1) is 19.0 Å². The smallest absolute Gasteiger partial charge is 0.343 e. The Morgan fingerprint density at radius 1 is 1.03 bits per heavy atom. The third-order valence-electron chi connectivity index (χ3n) is 4.48. The van der Waals surface area contributed by atoms with Crippen molar-refractivity contribution >= 4 is 23.0 Å². The van der Waals surface area contributed by atoms with Crippen molar-refractivity contribution in [3.8, 4) is 11.3 Å². The van der Waals surface area contributed by atoms with Crippen LogP contribution in [0.2, 0.25) is 0 Å². The minimum atomic E-state index is -0.719. The fourth-order valence-electron chi connectivity index (χ4n) is 3.01. The van der Waals surface area contributed by atoms with Crippen LogP contribution in [0.1, 0.15) is 26.3 Å². The molecule has 2 heterocycles. The van der Waals surface area contributed by atoms with Gasteiger partial charge in [0.25, 0.3) is 5.56 Å². The Labute approximate surface area is 170 Å². The molecule has 0 bridgehead atoms. The predicted octanol–water partition coefficient (Wildman–Crippen LogP) is 3.33. The largest absolute Gasteiger partial charge is 0.465 e. The van der Waals surface area contributed by atoms with Gasteiger partial charge in [-0.15, -0.1) is 0 Å². The van der Waals surface area contributed by atoms with Crippen molar-refractivity contribution in [2.24, 2.45) is 0 Å². The molecule has 8 heteroatoms. The van der Waals surface area contributed by atoms with Crippen molar-refractivity contribution in [1.29, 1.82) is 0 Å². The van der Waals surface area contributed by atoms with E-state index in [0.717, 1.165) is 5.56 Å². The van der Waals surface area contributed by atoms with Gasteiger partial charge in [-0.05, 0) is 17.7 Å². The summed E-state index contributed by atoms with van der Waals surface area (Å²) in [6.45, 7) is 0.0330. The van der Waals surface area contributed by atoms with Gasteiger partial charge < -0.3 is 18.9 Å². The maximum atomic E-state index is 12.9. The van der Waals surface area contributed by atoms with Crippen molar-refractivity contribution in [1.82, 2.24) is 9.97 Å². The number of nitrogens with zero attached hydrogens (tertiary/aromatic N) is 1. The maximum Gasteiger partial charge on any atom is 0.343 e. The van der Waals surface area contributed by atoms with Gasteiger partial charge in [-0.1, -0.05) is 42.5 Å². The Hall–Kier alpha value is -4.20. The van der Waals surface area contributed by atoms with Gasteiger partial charge in [0.2, 0.25) is 5.71 Å². The molecule has 0 aliphatic rings. The summed E-state index contributed by atoms with van der Waals surface area (Å²) in [6.07, 6.45) is 1.19. The zero-order valence-corrected chi connectivity index (χ0v) is 15.9. The number of furan rings is 1. The third-order valence-corrected chi connectivity index (χ3v) is 4.48. The molecule has 150 valence electrons. The lowest BCUT2D eigenvalue weighted by atomic mass is 10.0. The van der Waals surface area contributed by atoms with Crippen LogP contribution in [0.3, 0.4) is 0 Å². The molecule has 0 amide bonds. The molecule has 0 saturated carbocycles. The average molecular weight is 404 g/mol. The van der Waals surface area contributed by atoms with Crippen molar-refractivity contribution < 1.29 is 23.5 Å². The molecule has 0 spiro atoms. The highest BCUT2D eigenvalue weighted by molar-refractivity contribution is 6.07. The first-order chi connectivity index (χ1) is 14.6. The normalized spacial score (nSPS) is 10.7. The number of nitrogens with one attached hydrogen (secondary N) is 1. The molecule has 0 atom stereocenters. The zero-order valence-electron chi connectivity index (χ0n) is 15.9. The summed E-state index contributed by atoms with van der Waals surface area (Å²) >= 11 is 0. The highest BCUT2D eigenvalue weighted by atomic mass is 16.5. The quantitative estimate of drug-likeness (QED) is 0.508. The summed E-state index contributed by atoms with van der Waals surface area (Å²) in [4.78, 5) is 43.4. The number of hydrogen-bond donors (Lipinski definition) is 1. The SMILES string of the molecule is COC(=O)c1ccc(-c2oc3nc[nH]c(=O)c3c2C(=O)OCc2ccccc2)cc1. The monoisotopic (exact) mass is 404 g/mol. The standard InChI is InChI=1S/C22H16N2O6/c1-28-21(26)15-9-7-14(8-10-15)18-16(17-19(25)23-12-24-20(17)30-18)22(27)29-11-13-5-3-2-4-6-13/h2-10,12H,11H2,1H3,(H,23,24,25). The Bertz CT molecular complexity index is 1270. The molecule has 2 aromatic carbocycles. The van der Waals surface area contributed by atoms with Gasteiger partial charge in [0, 0.05) is 5.56 Å². The van der Waals surface area contributed by atoms with Crippen LogP contribution in [0.4, 0.5) is 0 Å². The summed E-state index contributed by atoms with van der Waals surface area (Å²) in [5.74, 6) is -1.08. The van der Waals surface area contributed by atoms with Gasteiger partial charge in [-0.25, -0.2) is 14.6 Å². The van der Waals surface area contributed by atoms with Crippen LogP contribution in [-0.2, 0) is 16.1 Å². The highest BCUT2D eigenvalue weighted by Crippen LogP contribution is 2.32. The average Bonchev–Trinajstić information content (AvgIpc) is 3.19. The van der Waals surface area contributed by atoms with Crippen molar-refractivity contribution in [2.45, 2.75) is 6.61 Å². The molecule has 8 nitrogen and oxygen atoms in total. The Morgan fingerprint density at radius 2 is 1.77 bits per heavy atom. The lowest BCUT2D eigenvalue weighted by Crippen LogP contribution is -2.12. The zero-order chi connectivity index (χ0) is 21.1. The van der Waals surface area contributed by atoms with E-state index in [0.29, 0.717) is 11.1 Å². The van der Waals surface area contributed by atoms with Gasteiger partial charge in [-0.3, -0.25) is 4.79 Å². The molecule has 0 saturated heterocycles. The first kappa shape index (κ1) is 19.1.